The van der Waals surface area contributed by atoms with Gasteiger partial charge in [0.15, 0.2) is 0 Å². The summed E-state index contributed by atoms with van der Waals surface area (Å²) in [5, 5.41) is 3.33. The highest BCUT2D eigenvalue weighted by Crippen LogP contribution is 2.55. The number of esters is 1. The molecule has 2 fully saturated rings. The fourth-order valence-corrected chi connectivity index (χ4v) is 13.1. The number of halogens is 2. The quantitative estimate of drug-likeness (QED) is 0.0875. The number of rotatable bonds is 11. The van der Waals surface area contributed by atoms with E-state index in [-0.39, 0.29) is 40.4 Å². The summed E-state index contributed by atoms with van der Waals surface area (Å²) in [7, 11) is -1.63. The first-order chi connectivity index (χ1) is 24.3. The second-order valence-corrected chi connectivity index (χ2v) is 20.4. The monoisotopic (exact) mass is 739 g/mol. The molecule has 6 rings (SSSR count). The topological polar surface area (TPSA) is 55.8 Å². The minimum Gasteiger partial charge on any atom is -0.466 e. The molecule has 5 nitrogen and oxygen atoms in total. The third kappa shape index (κ3) is 7.08. The first kappa shape index (κ1) is 37.1. The highest BCUT2D eigenvalue weighted by Gasteiger charge is 2.57. The number of methoxy groups -OCH3 is 1. The van der Waals surface area contributed by atoms with Gasteiger partial charge in [0.2, 0.25) is 5.91 Å². The molecule has 1 amide bonds. The Morgan fingerprint density at radius 1 is 0.882 bits per heavy atom. The number of nitrogens with zero attached hydrogens (tertiary/aromatic N) is 1. The Balaban J connectivity index is 1.54. The molecule has 1 aliphatic carbocycles. The summed E-state index contributed by atoms with van der Waals surface area (Å²) in [5.41, 5.74) is 0.836. The van der Waals surface area contributed by atoms with E-state index in [1.54, 1.807) is 0 Å². The maximum absolute atomic E-state index is 15.4. The Labute approximate surface area is 313 Å². The fraction of sp³-hybridized carbons (Fsp3) is 0.349. The fourth-order valence-electron chi connectivity index (χ4n) is 8.19. The Morgan fingerprint density at radius 2 is 1.47 bits per heavy atom. The van der Waals surface area contributed by atoms with Crippen LogP contribution in [-0.2, 0) is 18.8 Å². The SMILES string of the molecule is C=C(C(=O)OC)[C@@]1(C)CC(c2cccc(Cl)c2)[C@@H](c2ccc(Cl)cc2)N([C@H](CO[Si](c2ccccc2)(c2ccccc2)C(C)(C)C)C2CC2)C1=O. The van der Waals surface area contributed by atoms with E-state index in [1.165, 1.54) is 17.5 Å². The van der Waals surface area contributed by atoms with E-state index in [0.29, 0.717) is 23.1 Å². The number of benzene rings is 4. The molecule has 0 radical (unpaired) electrons. The molecule has 1 saturated carbocycles. The number of hydrogen-bond donors (Lipinski definition) is 0. The first-order valence-electron chi connectivity index (χ1n) is 17.7. The number of amides is 1. The van der Waals surface area contributed by atoms with E-state index >= 15 is 4.79 Å². The lowest BCUT2D eigenvalue weighted by atomic mass is 9.65. The van der Waals surface area contributed by atoms with Gasteiger partial charge in [0.05, 0.1) is 31.2 Å². The van der Waals surface area contributed by atoms with Gasteiger partial charge in [-0.2, -0.15) is 0 Å². The maximum atomic E-state index is 15.4. The molecule has 1 saturated heterocycles. The van der Waals surface area contributed by atoms with Gasteiger partial charge in [-0.05, 0) is 82.9 Å². The smallest absolute Gasteiger partial charge is 0.334 e. The van der Waals surface area contributed by atoms with Crippen LogP contribution in [0.2, 0.25) is 15.1 Å². The van der Waals surface area contributed by atoms with E-state index in [1.807, 2.05) is 66.4 Å². The molecule has 4 aromatic rings. The Kier molecular flexibility index (Phi) is 10.7. The summed E-state index contributed by atoms with van der Waals surface area (Å²) in [5.74, 6) is -0.759. The molecular formula is C43H47Cl2NO4Si. The van der Waals surface area contributed by atoms with Crippen molar-refractivity contribution in [2.24, 2.45) is 11.3 Å². The zero-order valence-corrected chi connectivity index (χ0v) is 32.6. The van der Waals surface area contributed by atoms with E-state index in [0.717, 1.165) is 24.0 Å². The van der Waals surface area contributed by atoms with Crippen molar-refractivity contribution in [1.82, 2.24) is 4.90 Å². The van der Waals surface area contributed by atoms with Crippen molar-refractivity contribution in [3.05, 3.63) is 143 Å². The molecule has 4 atom stereocenters. The summed E-state index contributed by atoms with van der Waals surface area (Å²) in [6, 6.07) is 36.1. The number of hydrogen-bond acceptors (Lipinski definition) is 4. The van der Waals surface area contributed by atoms with E-state index in [2.05, 4.69) is 81.9 Å². The van der Waals surface area contributed by atoms with Gasteiger partial charge in [0.25, 0.3) is 8.32 Å². The average Bonchev–Trinajstić information content (AvgIpc) is 3.97. The van der Waals surface area contributed by atoms with Crippen molar-refractivity contribution in [3.63, 3.8) is 0 Å². The Morgan fingerprint density at radius 3 is 1.98 bits per heavy atom. The van der Waals surface area contributed by atoms with E-state index in [9.17, 15) is 4.79 Å². The van der Waals surface area contributed by atoms with Gasteiger partial charge < -0.3 is 14.1 Å². The molecule has 51 heavy (non-hydrogen) atoms. The average molecular weight is 741 g/mol. The maximum Gasteiger partial charge on any atom is 0.334 e. The van der Waals surface area contributed by atoms with Crippen LogP contribution in [0, 0.1) is 11.3 Å². The summed E-state index contributed by atoms with van der Waals surface area (Å²) in [6.45, 7) is 13.1. The lowest BCUT2D eigenvalue weighted by molar-refractivity contribution is -0.157. The zero-order valence-electron chi connectivity index (χ0n) is 30.1. The molecule has 0 N–H and O–H groups in total. The van der Waals surface area contributed by atoms with Crippen molar-refractivity contribution >= 4 is 53.8 Å². The second kappa shape index (κ2) is 14.7. The van der Waals surface area contributed by atoms with Crippen LogP contribution in [-0.4, -0.2) is 44.9 Å². The highest BCUT2D eigenvalue weighted by molar-refractivity contribution is 6.99. The van der Waals surface area contributed by atoms with E-state index < -0.39 is 19.7 Å². The largest absolute Gasteiger partial charge is 0.466 e. The van der Waals surface area contributed by atoms with Crippen molar-refractivity contribution in [1.29, 1.82) is 0 Å². The van der Waals surface area contributed by atoms with Gasteiger partial charge >= 0.3 is 5.97 Å². The molecule has 1 aliphatic heterocycles. The van der Waals surface area contributed by atoms with Crippen molar-refractivity contribution in [2.45, 2.75) is 70.0 Å². The van der Waals surface area contributed by atoms with Gasteiger partial charge in [-0.1, -0.05) is 135 Å². The lowest BCUT2D eigenvalue weighted by Gasteiger charge is -2.53. The van der Waals surface area contributed by atoms with Crippen molar-refractivity contribution < 1.29 is 18.8 Å². The summed E-state index contributed by atoms with van der Waals surface area (Å²) < 4.78 is 12.8. The third-order valence-corrected chi connectivity index (χ3v) is 16.5. The second-order valence-electron chi connectivity index (χ2n) is 15.3. The number of ether oxygens (including phenoxy) is 1. The molecule has 1 heterocycles. The number of piperidine rings is 1. The third-order valence-electron chi connectivity index (χ3n) is 11.0. The normalized spacial score (nSPS) is 21.6. The molecule has 0 aromatic heterocycles. The number of carbonyl (C=O) groups is 2. The van der Waals surface area contributed by atoms with Gasteiger partial charge in [-0.3, -0.25) is 4.79 Å². The summed E-state index contributed by atoms with van der Waals surface area (Å²) in [4.78, 5) is 30.6. The van der Waals surface area contributed by atoms with Crippen LogP contribution in [0.5, 0.6) is 0 Å². The molecule has 2 aliphatic rings. The molecule has 0 spiro atoms. The molecule has 266 valence electrons. The summed E-state index contributed by atoms with van der Waals surface area (Å²) >= 11 is 13.1. The standard InChI is InChI=1S/C43H47Cl2NO4Si/c1-29(40(47)49-6)43(5)27-37(32-14-13-15-34(45)26-32)39(31-22-24-33(44)25-23-31)46(41(43)48)38(30-20-21-30)28-50-51(42(2,3)4,35-16-9-7-10-17-35)36-18-11-8-12-19-36/h7-19,22-26,30,37-39H,1,20-21,27-28H2,2-6H3/t37?,38-,39-,43-/m1/s1. The van der Waals surface area contributed by atoms with Crippen LogP contribution in [0.3, 0.4) is 0 Å². The van der Waals surface area contributed by atoms with Crippen LogP contribution in [0.4, 0.5) is 0 Å². The first-order valence-corrected chi connectivity index (χ1v) is 20.3. The van der Waals surface area contributed by atoms with Crippen molar-refractivity contribution in [3.8, 4) is 0 Å². The Bertz CT molecular complexity index is 1830. The predicted molar refractivity (Wildman–Crippen MR) is 209 cm³/mol. The van der Waals surface area contributed by atoms with Crippen LogP contribution >= 0.6 is 23.2 Å². The number of likely N-dealkylation sites (tertiary alicyclic amines) is 1. The van der Waals surface area contributed by atoms with Gasteiger partial charge in [-0.25, -0.2) is 4.79 Å². The van der Waals surface area contributed by atoms with E-state index in [4.69, 9.17) is 32.4 Å². The number of carbonyl (C=O) groups excluding carboxylic acids is 2. The zero-order chi connectivity index (χ0) is 36.6. The van der Waals surface area contributed by atoms with Crippen LogP contribution < -0.4 is 10.4 Å². The summed E-state index contributed by atoms with van der Waals surface area (Å²) in [6.07, 6.45) is 2.29. The van der Waals surface area contributed by atoms with Gasteiger partial charge in [-0.15, -0.1) is 0 Å². The van der Waals surface area contributed by atoms with Crippen LogP contribution in [0.1, 0.15) is 70.0 Å². The lowest BCUT2D eigenvalue weighted by Crippen LogP contribution is -2.68. The van der Waals surface area contributed by atoms with Gasteiger partial charge in [0, 0.05) is 21.5 Å². The van der Waals surface area contributed by atoms with Crippen LogP contribution in [0.25, 0.3) is 0 Å². The molecule has 4 aromatic carbocycles. The van der Waals surface area contributed by atoms with Gasteiger partial charge in [0.1, 0.15) is 0 Å². The van der Waals surface area contributed by atoms with Crippen LogP contribution in [0.15, 0.2) is 121 Å². The molecule has 1 unspecified atom stereocenters. The minimum atomic E-state index is -2.96. The van der Waals surface area contributed by atoms with Crippen molar-refractivity contribution in [2.75, 3.05) is 13.7 Å². The highest BCUT2D eigenvalue weighted by atomic mass is 35.5. The predicted octanol–water partition coefficient (Wildman–Crippen LogP) is 9.14. The minimum absolute atomic E-state index is 0.143. The Hall–Kier alpha value is -3.68. The molecule has 8 heteroatoms. The molecular weight excluding hydrogens is 693 g/mol. The molecule has 0 bridgehead atoms.